The van der Waals surface area contributed by atoms with E-state index >= 15 is 0 Å². The van der Waals surface area contributed by atoms with Crippen LogP contribution in [0, 0.1) is 0 Å². The number of aryl methyl sites for hydroxylation is 3. The third-order valence-corrected chi connectivity index (χ3v) is 4.70. The van der Waals surface area contributed by atoms with Crippen LogP contribution in [0.4, 0.5) is 5.82 Å². The number of aromatic nitrogens is 7. The Morgan fingerprint density at radius 3 is 3.08 bits per heavy atom. The standard InChI is InChI=1S/C17H24N8O/c1-2-6-13-11-15(25-16(21-13)19-12-20-25)18-8-5-10-24-17(26)23-9-4-3-7-14(23)22-24/h11-12,18H,2-10H2,1H3. The minimum absolute atomic E-state index is 0.0208. The van der Waals surface area contributed by atoms with Crippen molar-refractivity contribution in [2.24, 2.45) is 0 Å². The minimum atomic E-state index is 0.0208. The lowest BCUT2D eigenvalue weighted by Gasteiger charge is -2.09. The summed E-state index contributed by atoms with van der Waals surface area (Å²) in [5.41, 5.74) is 1.03. The second kappa shape index (κ2) is 7.27. The monoisotopic (exact) mass is 356 g/mol. The summed E-state index contributed by atoms with van der Waals surface area (Å²) in [6.07, 6.45) is 7.35. The number of hydrogen-bond donors (Lipinski definition) is 1. The Morgan fingerprint density at radius 2 is 2.23 bits per heavy atom. The molecular weight excluding hydrogens is 332 g/mol. The van der Waals surface area contributed by atoms with Crippen LogP contribution in [0.3, 0.4) is 0 Å². The van der Waals surface area contributed by atoms with E-state index in [9.17, 15) is 4.79 Å². The van der Waals surface area contributed by atoms with Crippen LogP contribution in [0.2, 0.25) is 0 Å². The Hall–Kier alpha value is -2.71. The van der Waals surface area contributed by atoms with Gasteiger partial charge in [-0.25, -0.2) is 14.5 Å². The fourth-order valence-electron chi connectivity index (χ4n) is 3.41. The van der Waals surface area contributed by atoms with Crippen LogP contribution in [0.5, 0.6) is 0 Å². The summed E-state index contributed by atoms with van der Waals surface area (Å²) in [6, 6.07) is 2.02. The predicted molar refractivity (Wildman–Crippen MR) is 97.3 cm³/mol. The molecule has 1 aliphatic rings. The highest BCUT2D eigenvalue weighted by Gasteiger charge is 2.16. The Balaban J connectivity index is 1.41. The molecule has 9 nitrogen and oxygen atoms in total. The molecule has 3 aromatic rings. The molecule has 0 aromatic carbocycles. The van der Waals surface area contributed by atoms with Gasteiger partial charge in [0.05, 0.1) is 0 Å². The van der Waals surface area contributed by atoms with Crippen LogP contribution in [0.1, 0.15) is 44.1 Å². The second-order valence-corrected chi connectivity index (χ2v) is 6.67. The average molecular weight is 356 g/mol. The number of nitrogens with one attached hydrogen (secondary N) is 1. The largest absolute Gasteiger partial charge is 0.370 e. The molecular formula is C17H24N8O. The average Bonchev–Trinajstić information content (AvgIpc) is 3.24. The second-order valence-electron chi connectivity index (χ2n) is 6.67. The van der Waals surface area contributed by atoms with Gasteiger partial charge in [0, 0.05) is 37.8 Å². The van der Waals surface area contributed by atoms with E-state index in [1.54, 1.807) is 9.20 Å². The lowest BCUT2D eigenvalue weighted by molar-refractivity contribution is 0.510. The van der Waals surface area contributed by atoms with E-state index in [2.05, 4.69) is 32.4 Å². The highest BCUT2D eigenvalue weighted by Crippen LogP contribution is 2.12. The van der Waals surface area contributed by atoms with Gasteiger partial charge in [-0.3, -0.25) is 4.57 Å². The van der Waals surface area contributed by atoms with Crippen molar-refractivity contribution in [3.8, 4) is 0 Å². The van der Waals surface area contributed by atoms with Gasteiger partial charge in [-0.2, -0.15) is 19.7 Å². The highest BCUT2D eigenvalue weighted by molar-refractivity contribution is 5.44. The molecule has 0 aliphatic carbocycles. The number of rotatable bonds is 7. The minimum Gasteiger partial charge on any atom is -0.370 e. The molecule has 0 saturated heterocycles. The van der Waals surface area contributed by atoms with Crippen LogP contribution < -0.4 is 11.0 Å². The topological polar surface area (TPSA) is 94.9 Å². The first-order valence-corrected chi connectivity index (χ1v) is 9.36. The molecule has 0 fully saturated rings. The van der Waals surface area contributed by atoms with Crippen LogP contribution in [0.25, 0.3) is 5.78 Å². The van der Waals surface area contributed by atoms with Crippen LogP contribution in [-0.2, 0) is 25.9 Å². The molecule has 9 heteroatoms. The quantitative estimate of drug-likeness (QED) is 0.641. The first-order chi connectivity index (χ1) is 12.8. The Labute approximate surface area is 151 Å². The molecule has 0 spiro atoms. The summed E-state index contributed by atoms with van der Waals surface area (Å²) in [7, 11) is 0. The molecule has 0 saturated carbocycles. The molecule has 0 amide bonds. The zero-order valence-electron chi connectivity index (χ0n) is 15.1. The fraction of sp³-hybridized carbons (Fsp3) is 0.588. The summed E-state index contributed by atoms with van der Waals surface area (Å²) in [5, 5.41) is 12.1. The molecule has 1 N–H and O–H groups in total. The van der Waals surface area contributed by atoms with Gasteiger partial charge in [0.25, 0.3) is 5.78 Å². The number of fused-ring (bicyclic) bond motifs is 2. The maximum atomic E-state index is 12.3. The van der Waals surface area contributed by atoms with E-state index in [-0.39, 0.29) is 5.69 Å². The van der Waals surface area contributed by atoms with E-state index in [4.69, 9.17) is 0 Å². The molecule has 0 atom stereocenters. The van der Waals surface area contributed by atoms with Gasteiger partial charge in [0.15, 0.2) is 0 Å². The SMILES string of the molecule is CCCc1cc(NCCCn2nc3n(c2=O)CCCC3)n2ncnc2n1. The molecule has 26 heavy (non-hydrogen) atoms. The van der Waals surface area contributed by atoms with Gasteiger partial charge < -0.3 is 5.32 Å². The van der Waals surface area contributed by atoms with Gasteiger partial charge in [0.2, 0.25) is 0 Å². The highest BCUT2D eigenvalue weighted by atomic mass is 16.2. The summed E-state index contributed by atoms with van der Waals surface area (Å²) in [5.74, 6) is 2.42. The van der Waals surface area contributed by atoms with Crippen LogP contribution >= 0.6 is 0 Å². The van der Waals surface area contributed by atoms with E-state index in [1.165, 1.54) is 6.33 Å². The zero-order valence-corrected chi connectivity index (χ0v) is 15.1. The van der Waals surface area contributed by atoms with Crippen molar-refractivity contribution in [2.45, 2.75) is 58.5 Å². The van der Waals surface area contributed by atoms with Crippen LogP contribution in [0.15, 0.2) is 17.2 Å². The van der Waals surface area contributed by atoms with Crippen molar-refractivity contribution >= 4 is 11.6 Å². The first-order valence-electron chi connectivity index (χ1n) is 9.36. The lowest BCUT2D eigenvalue weighted by atomic mass is 10.2. The molecule has 3 aromatic heterocycles. The predicted octanol–water partition coefficient (Wildman–Crippen LogP) is 1.27. The molecule has 1 aliphatic heterocycles. The fourth-order valence-corrected chi connectivity index (χ4v) is 3.41. The van der Waals surface area contributed by atoms with Gasteiger partial charge in [-0.1, -0.05) is 13.3 Å². The Morgan fingerprint density at radius 1 is 1.31 bits per heavy atom. The zero-order chi connectivity index (χ0) is 17.9. The summed E-state index contributed by atoms with van der Waals surface area (Å²) in [6.45, 7) is 4.26. The molecule has 0 radical (unpaired) electrons. The summed E-state index contributed by atoms with van der Waals surface area (Å²) >= 11 is 0. The van der Waals surface area contributed by atoms with Gasteiger partial charge in [-0.15, -0.1) is 0 Å². The van der Waals surface area contributed by atoms with Crippen molar-refractivity contribution in [1.82, 2.24) is 33.9 Å². The first kappa shape index (κ1) is 16.7. The molecule has 0 unspecified atom stereocenters. The molecule has 0 bridgehead atoms. The third kappa shape index (κ3) is 3.21. The van der Waals surface area contributed by atoms with E-state index < -0.39 is 0 Å². The van der Waals surface area contributed by atoms with E-state index in [0.29, 0.717) is 12.3 Å². The van der Waals surface area contributed by atoms with E-state index in [1.807, 2.05) is 10.6 Å². The van der Waals surface area contributed by atoms with Gasteiger partial charge >= 0.3 is 5.69 Å². The molecule has 4 rings (SSSR count). The van der Waals surface area contributed by atoms with Crippen molar-refractivity contribution in [3.63, 3.8) is 0 Å². The molecule has 138 valence electrons. The molecule has 4 heterocycles. The van der Waals surface area contributed by atoms with Crippen molar-refractivity contribution in [2.75, 3.05) is 11.9 Å². The van der Waals surface area contributed by atoms with E-state index in [0.717, 1.165) is 69.0 Å². The third-order valence-electron chi connectivity index (χ3n) is 4.70. The van der Waals surface area contributed by atoms with Crippen molar-refractivity contribution in [1.29, 1.82) is 0 Å². The lowest BCUT2D eigenvalue weighted by Crippen LogP contribution is -2.27. The number of hydrogen-bond acceptors (Lipinski definition) is 6. The van der Waals surface area contributed by atoms with Crippen LogP contribution in [-0.4, -0.2) is 40.5 Å². The van der Waals surface area contributed by atoms with Crippen molar-refractivity contribution in [3.05, 3.63) is 34.4 Å². The van der Waals surface area contributed by atoms with Gasteiger partial charge in [-0.05, 0) is 25.7 Å². The maximum Gasteiger partial charge on any atom is 0.345 e. The number of anilines is 1. The Kier molecular flexibility index (Phi) is 4.68. The normalized spacial score (nSPS) is 13.9. The smallest absolute Gasteiger partial charge is 0.345 e. The summed E-state index contributed by atoms with van der Waals surface area (Å²) < 4.78 is 5.12. The summed E-state index contributed by atoms with van der Waals surface area (Å²) in [4.78, 5) is 21.0. The van der Waals surface area contributed by atoms with Gasteiger partial charge in [0.1, 0.15) is 18.0 Å². The van der Waals surface area contributed by atoms with Crippen molar-refractivity contribution < 1.29 is 0 Å². The Bertz CT molecular complexity index is 953. The maximum absolute atomic E-state index is 12.3. The number of nitrogens with zero attached hydrogens (tertiary/aromatic N) is 7.